The summed E-state index contributed by atoms with van der Waals surface area (Å²) in [6.07, 6.45) is 7.09. The Morgan fingerprint density at radius 3 is 3.17 bits per heavy atom. The highest BCUT2D eigenvalue weighted by molar-refractivity contribution is 5.72. The van der Waals surface area contributed by atoms with Gasteiger partial charge < -0.3 is 4.74 Å². The molecule has 5 heteroatoms. The van der Waals surface area contributed by atoms with E-state index in [9.17, 15) is 4.79 Å². The molecule has 0 bridgehead atoms. The summed E-state index contributed by atoms with van der Waals surface area (Å²) < 4.78 is 5.09. The Bertz CT molecular complexity index is 383. The quantitative estimate of drug-likeness (QED) is 0.752. The molecule has 1 aliphatic rings. The molecule has 0 N–H and O–H groups in total. The smallest absolute Gasteiger partial charge is 0.310 e. The number of likely N-dealkylation sites (tertiary alicyclic amines) is 1. The first kappa shape index (κ1) is 13.0. The summed E-state index contributed by atoms with van der Waals surface area (Å²) in [5.74, 6) is -0.0586. The monoisotopic (exact) mass is 249 g/mol. The summed E-state index contributed by atoms with van der Waals surface area (Å²) in [4.78, 5) is 22.3. The van der Waals surface area contributed by atoms with Crippen LogP contribution in [0.1, 0.15) is 25.5 Å². The van der Waals surface area contributed by atoms with Gasteiger partial charge in [-0.2, -0.15) is 0 Å². The Morgan fingerprint density at radius 2 is 2.44 bits per heavy atom. The number of nitrogens with zero attached hydrogens (tertiary/aromatic N) is 3. The van der Waals surface area contributed by atoms with Crippen molar-refractivity contribution >= 4 is 5.97 Å². The summed E-state index contributed by atoms with van der Waals surface area (Å²) in [6, 6.07) is 0. The number of piperidine rings is 1. The molecule has 2 heterocycles. The lowest BCUT2D eigenvalue weighted by Gasteiger charge is -2.30. The van der Waals surface area contributed by atoms with Crippen LogP contribution in [0.5, 0.6) is 0 Å². The van der Waals surface area contributed by atoms with Gasteiger partial charge in [0.25, 0.3) is 0 Å². The number of carbonyl (C=O) groups excluding carboxylic acids is 1. The number of ether oxygens (including phenoxy) is 1. The molecule has 0 aliphatic carbocycles. The van der Waals surface area contributed by atoms with E-state index < -0.39 is 0 Å². The Kier molecular flexibility index (Phi) is 4.64. The lowest BCUT2D eigenvalue weighted by atomic mass is 9.98. The second kappa shape index (κ2) is 6.44. The highest BCUT2D eigenvalue weighted by Gasteiger charge is 2.26. The van der Waals surface area contributed by atoms with Crippen LogP contribution in [0.3, 0.4) is 0 Å². The van der Waals surface area contributed by atoms with E-state index in [4.69, 9.17) is 4.74 Å². The van der Waals surface area contributed by atoms with Gasteiger partial charge in [-0.3, -0.25) is 19.7 Å². The lowest BCUT2D eigenvalue weighted by molar-refractivity contribution is -0.150. The number of hydrogen-bond acceptors (Lipinski definition) is 5. The molecule has 0 radical (unpaired) electrons. The molecule has 18 heavy (non-hydrogen) atoms. The van der Waals surface area contributed by atoms with Crippen molar-refractivity contribution in [3.63, 3.8) is 0 Å². The highest BCUT2D eigenvalue weighted by atomic mass is 16.5. The Labute approximate surface area is 107 Å². The zero-order valence-corrected chi connectivity index (χ0v) is 10.7. The first-order valence-corrected chi connectivity index (χ1v) is 6.43. The highest BCUT2D eigenvalue weighted by Crippen LogP contribution is 2.19. The molecule has 1 aromatic rings. The molecule has 0 amide bonds. The van der Waals surface area contributed by atoms with E-state index >= 15 is 0 Å². The summed E-state index contributed by atoms with van der Waals surface area (Å²) in [5, 5.41) is 0. The fraction of sp³-hybridized carbons (Fsp3) is 0.615. The number of rotatable bonds is 4. The topological polar surface area (TPSA) is 55.3 Å². The molecule has 0 saturated carbocycles. The molecule has 2 rings (SSSR count). The molecule has 5 nitrogen and oxygen atoms in total. The molecule has 1 fully saturated rings. The molecule has 0 aromatic carbocycles. The minimum Gasteiger partial charge on any atom is -0.466 e. The number of hydrogen-bond donors (Lipinski definition) is 0. The first-order chi connectivity index (χ1) is 8.79. The predicted octanol–water partition coefficient (Wildman–Crippen LogP) is 1.25. The van der Waals surface area contributed by atoms with Crippen molar-refractivity contribution in [1.29, 1.82) is 0 Å². The van der Waals surface area contributed by atoms with Crippen LogP contribution < -0.4 is 0 Å². The van der Waals surface area contributed by atoms with Crippen LogP contribution in [0.2, 0.25) is 0 Å². The van der Waals surface area contributed by atoms with E-state index in [0.29, 0.717) is 6.61 Å². The van der Waals surface area contributed by atoms with E-state index in [1.807, 2.05) is 6.92 Å². The molecular weight excluding hydrogens is 230 g/mol. The number of carbonyl (C=O) groups is 1. The Hall–Kier alpha value is -1.49. The molecule has 1 saturated heterocycles. The van der Waals surface area contributed by atoms with E-state index in [-0.39, 0.29) is 11.9 Å². The SMILES string of the molecule is CCOC(=O)[C@@H]1CCCN(Cc2cnccn2)C1. The molecule has 1 atom stereocenters. The fourth-order valence-corrected chi connectivity index (χ4v) is 2.29. The average Bonchev–Trinajstić information content (AvgIpc) is 2.40. The zero-order chi connectivity index (χ0) is 12.8. The van der Waals surface area contributed by atoms with Crippen LogP contribution in [0.25, 0.3) is 0 Å². The third kappa shape index (κ3) is 3.50. The van der Waals surface area contributed by atoms with Crippen molar-refractivity contribution in [1.82, 2.24) is 14.9 Å². The van der Waals surface area contributed by atoms with Gasteiger partial charge in [0, 0.05) is 31.7 Å². The minimum atomic E-state index is -0.0682. The molecule has 1 aliphatic heterocycles. The van der Waals surface area contributed by atoms with Crippen LogP contribution >= 0.6 is 0 Å². The largest absolute Gasteiger partial charge is 0.466 e. The van der Waals surface area contributed by atoms with E-state index in [0.717, 1.165) is 38.2 Å². The normalized spacial score (nSPS) is 20.6. The van der Waals surface area contributed by atoms with Gasteiger partial charge >= 0.3 is 5.97 Å². The van der Waals surface area contributed by atoms with Gasteiger partial charge in [-0.05, 0) is 26.3 Å². The van der Waals surface area contributed by atoms with Crippen molar-refractivity contribution in [2.24, 2.45) is 5.92 Å². The summed E-state index contributed by atoms with van der Waals surface area (Å²) >= 11 is 0. The maximum Gasteiger partial charge on any atom is 0.310 e. The zero-order valence-electron chi connectivity index (χ0n) is 10.7. The van der Waals surface area contributed by atoms with Gasteiger partial charge in [-0.15, -0.1) is 0 Å². The van der Waals surface area contributed by atoms with Gasteiger partial charge in [0.05, 0.1) is 18.2 Å². The molecule has 0 spiro atoms. The summed E-state index contributed by atoms with van der Waals surface area (Å²) in [7, 11) is 0. The second-order valence-corrected chi connectivity index (χ2v) is 4.52. The summed E-state index contributed by atoms with van der Waals surface area (Å²) in [6.45, 7) is 4.82. The van der Waals surface area contributed by atoms with Gasteiger partial charge in [0.1, 0.15) is 0 Å². The van der Waals surface area contributed by atoms with Crippen molar-refractivity contribution < 1.29 is 9.53 Å². The van der Waals surface area contributed by atoms with Crippen LogP contribution in [-0.2, 0) is 16.1 Å². The first-order valence-electron chi connectivity index (χ1n) is 6.43. The van der Waals surface area contributed by atoms with Crippen LogP contribution in [0.4, 0.5) is 0 Å². The minimum absolute atomic E-state index is 0.00960. The van der Waals surface area contributed by atoms with Crippen LogP contribution in [0.15, 0.2) is 18.6 Å². The standard InChI is InChI=1S/C13H19N3O2/c1-2-18-13(17)11-4-3-7-16(9-11)10-12-8-14-5-6-15-12/h5-6,8,11H,2-4,7,9-10H2,1H3/t11-/m1/s1. The van der Waals surface area contributed by atoms with Crippen molar-refractivity contribution in [3.8, 4) is 0 Å². The fourth-order valence-electron chi connectivity index (χ4n) is 2.29. The van der Waals surface area contributed by atoms with Gasteiger partial charge in [0.2, 0.25) is 0 Å². The maximum absolute atomic E-state index is 11.7. The predicted molar refractivity (Wildman–Crippen MR) is 66.7 cm³/mol. The lowest BCUT2D eigenvalue weighted by Crippen LogP contribution is -2.39. The third-order valence-electron chi connectivity index (χ3n) is 3.13. The molecule has 98 valence electrons. The number of esters is 1. The van der Waals surface area contributed by atoms with Gasteiger partial charge in [0.15, 0.2) is 0 Å². The van der Waals surface area contributed by atoms with Crippen molar-refractivity contribution in [3.05, 3.63) is 24.3 Å². The van der Waals surface area contributed by atoms with E-state index in [1.54, 1.807) is 18.6 Å². The summed E-state index contributed by atoms with van der Waals surface area (Å²) in [5.41, 5.74) is 0.946. The van der Waals surface area contributed by atoms with E-state index in [1.165, 1.54) is 0 Å². The molecule has 0 unspecified atom stereocenters. The van der Waals surface area contributed by atoms with Crippen LogP contribution in [-0.4, -0.2) is 40.5 Å². The number of aromatic nitrogens is 2. The Morgan fingerprint density at radius 1 is 1.56 bits per heavy atom. The second-order valence-electron chi connectivity index (χ2n) is 4.52. The van der Waals surface area contributed by atoms with Gasteiger partial charge in [-0.25, -0.2) is 0 Å². The third-order valence-corrected chi connectivity index (χ3v) is 3.13. The van der Waals surface area contributed by atoms with E-state index in [2.05, 4.69) is 14.9 Å². The Balaban J connectivity index is 1.89. The van der Waals surface area contributed by atoms with Crippen LogP contribution in [0, 0.1) is 5.92 Å². The van der Waals surface area contributed by atoms with Crippen molar-refractivity contribution in [2.45, 2.75) is 26.3 Å². The average molecular weight is 249 g/mol. The van der Waals surface area contributed by atoms with Gasteiger partial charge in [-0.1, -0.05) is 0 Å². The molecular formula is C13H19N3O2. The maximum atomic E-state index is 11.7. The molecule has 1 aromatic heterocycles. The van der Waals surface area contributed by atoms with Crippen molar-refractivity contribution in [2.75, 3.05) is 19.7 Å².